The van der Waals surface area contributed by atoms with E-state index in [1.165, 1.54) is 12.1 Å². The quantitative estimate of drug-likeness (QED) is 0.753. The van der Waals surface area contributed by atoms with E-state index < -0.39 is 11.7 Å². The summed E-state index contributed by atoms with van der Waals surface area (Å²) in [6, 6.07) is 9.77. The Hall–Kier alpha value is -2.93. The maximum absolute atomic E-state index is 13.5. The number of anilines is 2. The van der Waals surface area contributed by atoms with E-state index in [1.807, 2.05) is 6.07 Å². The van der Waals surface area contributed by atoms with Crippen LogP contribution in [0.5, 0.6) is 0 Å². The lowest BCUT2D eigenvalue weighted by atomic mass is 10.0. The summed E-state index contributed by atoms with van der Waals surface area (Å²) in [7, 11) is 0. The summed E-state index contributed by atoms with van der Waals surface area (Å²) < 4.78 is 13.5. The lowest BCUT2D eigenvalue weighted by molar-refractivity contribution is -0.132. The summed E-state index contributed by atoms with van der Waals surface area (Å²) in [5, 5.41) is 5.53. The number of halogens is 2. The van der Waals surface area contributed by atoms with Crippen molar-refractivity contribution < 1.29 is 18.8 Å². The topological polar surface area (TPSA) is 78.5 Å². The lowest BCUT2D eigenvalue weighted by Gasteiger charge is -2.22. The molecular formula is C21H19ClFN3O3. The molecule has 2 aliphatic heterocycles. The van der Waals surface area contributed by atoms with Crippen LogP contribution in [0.4, 0.5) is 15.8 Å². The fourth-order valence-electron chi connectivity index (χ4n) is 3.68. The van der Waals surface area contributed by atoms with Gasteiger partial charge in [0.2, 0.25) is 17.7 Å². The fraction of sp³-hybridized carbons (Fsp3) is 0.286. The second kappa shape index (κ2) is 7.83. The van der Waals surface area contributed by atoms with Gasteiger partial charge < -0.3 is 15.5 Å². The number of aryl methyl sites for hydroxylation is 1. The van der Waals surface area contributed by atoms with Crippen LogP contribution in [0.2, 0.25) is 5.02 Å². The van der Waals surface area contributed by atoms with Crippen LogP contribution in [-0.2, 0) is 27.3 Å². The van der Waals surface area contributed by atoms with Crippen molar-refractivity contribution >= 4 is 40.7 Å². The molecule has 8 heteroatoms. The predicted molar refractivity (Wildman–Crippen MR) is 107 cm³/mol. The average Bonchev–Trinajstić information content (AvgIpc) is 3.09. The summed E-state index contributed by atoms with van der Waals surface area (Å²) in [6.45, 7) is 0.562. The van der Waals surface area contributed by atoms with Crippen molar-refractivity contribution in [2.24, 2.45) is 5.92 Å². The molecule has 4 rings (SSSR count). The van der Waals surface area contributed by atoms with Crippen molar-refractivity contribution in [1.82, 2.24) is 5.32 Å². The molecule has 0 aliphatic carbocycles. The van der Waals surface area contributed by atoms with Gasteiger partial charge in [-0.1, -0.05) is 17.7 Å². The lowest BCUT2D eigenvalue weighted by Crippen LogP contribution is -2.36. The normalized spacial score (nSPS) is 18.4. The molecule has 1 saturated heterocycles. The molecule has 1 atom stereocenters. The van der Waals surface area contributed by atoms with Gasteiger partial charge in [-0.3, -0.25) is 14.4 Å². The molecule has 2 heterocycles. The Labute approximate surface area is 172 Å². The first-order valence-corrected chi connectivity index (χ1v) is 9.76. The Bertz CT molecular complexity index is 1010. The zero-order valence-electron chi connectivity index (χ0n) is 15.5. The SMILES string of the molecule is O=C1CCc2cc(N3CCC(C(=O)NCc4ccc(Cl)c(F)c4)C3=O)ccc2N1. The molecule has 0 bridgehead atoms. The van der Waals surface area contributed by atoms with Crippen molar-refractivity contribution in [1.29, 1.82) is 0 Å². The summed E-state index contributed by atoms with van der Waals surface area (Å²) in [4.78, 5) is 38.4. The highest BCUT2D eigenvalue weighted by Crippen LogP contribution is 2.31. The highest BCUT2D eigenvalue weighted by Gasteiger charge is 2.37. The molecule has 2 aliphatic rings. The molecule has 2 aromatic rings. The van der Waals surface area contributed by atoms with Crippen LogP contribution in [0.25, 0.3) is 0 Å². The largest absolute Gasteiger partial charge is 0.351 e. The Balaban J connectivity index is 1.41. The minimum Gasteiger partial charge on any atom is -0.351 e. The van der Waals surface area contributed by atoms with Crippen LogP contribution >= 0.6 is 11.6 Å². The predicted octanol–water partition coefficient (Wildman–Crippen LogP) is 3.03. The van der Waals surface area contributed by atoms with E-state index in [0.29, 0.717) is 31.4 Å². The second-order valence-corrected chi connectivity index (χ2v) is 7.59. The molecule has 0 spiro atoms. The van der Waals surface area contributed by atoms with E-state index in [4.69, 9.17) is 11.6 Å². The number of hydrogen-bond acceptors (Lipinski definition) is 3. The number of nitrogens with zero attached hydrogens (tertiary/aromatic N) is 1. The first kappa shape index (κ1) is 19.4. The van der Waals surface area contributed by atoms with Crippen LogP contribution in [0, 0.1) is 11.7 Å². The number of benzene rings is 2. The molecule has 0 saturated carbocycles. The fourth-order valence-corrected chi connectivity index (χ4v) is 3.80. The molecule has 2 N–H and O–H groups in total. The molecule has 1 unspecified atom stereocenters. The molecule has 1 fully saturated rings. The van der Waals surface area contributed by atoms with Gasteiger partial charge in [-0.2, -0.15) is 0 Å². The number of carbonyl (C=O) groups is 3. The first-order chi connectivity index (χ1) is 13.9. The Morgan fingerprint density at radius 3 is 2.83 bits per heavy atom. The maximum Gasteiger partial charge on any atom is 0.239 e. The van der Waals surface area contributed by atoms with E-state index in [2.05, 4.69) is 10.6 Å². The van der Waals surface area contributed by atoms with Crippen molar-refractivity contribution in [2.45, 2.75) is 25.8 Å². The Morgan fingerprint density at radius 1 is 1.21 bits per heavy atom. The van der Waals surface area contributed by atoms with Crippen LogP contribution in [0.3, 0.4) is 0 Å². The van der Waals surface area contributed by atoms with Crippen molar-refractivity contribution in [2.75, 3.05) is 16.8 Å². The Morgan fingerprint density at radius 2 is 2.03 bits per heavy atom. The number of hydrogen-bond donors (Lipinski definition) is 2. The minimum atomic E-state index is -0.775. The summed E-state index contributed by atoms with van der Waals surface area (Å²) >= 11 is 5.66. The highest BCUT2D eigenvalue weighted by atomic mass is 35.5. The van der Waals surface area contributed by atoms with E-state index in [0.717, 1.165) is 16.9 Å². The average molecular weight is 416 g/mol. The molecule has 29 heavy (non-hydrogen) atoms. The third-order valence-corrected chi connectivity index (χ3v) is 5.58. The number of fused-ring (bicyclic) bond motifs is 1. The standard InChI is InChI=1S/C21H19ClFN3O3/c22-16-4-1-12(9-17(16)23)11-24-20(28)15-7-8-26(21(15)29)14-3-5-18-13(10-14)2-6-19(27)25-18/h1,3-5,9-10,15H,2,6-8,11H2,(H,24,28)(H,25,27). The first-order valence-electron chi connectivity index (χ1n) is 9.38. The van der Waals surface area contributed by atoms with Crippen LogP contribution in [-0.4, -0.2) is 24.3 Å². The zero-order valence-corrected chi connectivity index (χ0v) is 16.3. The van der Waals surface area contributed by atoms with Crippen LogP contribution in [0.15, 0.2) is 36.4 Å². The van der Waals surface area contributed by atoms with Gasteiger partial charge in [0, 0.05) is 30.9 Å². The van der Waals surface area contributed by atoms with E-state index in [-0.39, 0.29) is 29.3 Å². The monoisotopic (exact) mass is 415 g/mol. The molecule has 0 aromatic heterocycles. The van der Waals surface area contributed by atoms with Gasteiger partial charge in [-0.05, 0) is 54.3 Å². The third-order valence-electron chi connectivity index (χ3n) is 5.27. The molecule has 3 amide bonds. The van der Waals surface area contributed by atoms with Crippen molar-refractivity contribution in [3.05, 3.63) is 58.4 Å². The van der Waals surface area contributed by atoms with E-state index in [9.17, 15) is 18.8 Å². The van der Waals surface area contributed by atoms with Gasteiger partial charge in [-0.25, -0.2) is 4.39 Å². The molecule has 2 aromatic carbocycles. The highest BCUT2D eigenvalue weighted by molar-refractivity contribution is 6.30. The Kier molecular flexibility index (Phi) is 5.24. The van der Waals surface area contributed by atoms with Gasteiger partial charge in [0.05, 0.1) is 5.02 Å². The van der Waals surface area contributed by atoms with E-state index >= 15 is 0 Å². The minimum absolute atomic E-state index is 0.0141. The van der Waals surface area contributed by atoms with E-state index in [1.54, 1.807) is 23.1 Å². The van der Waals surface area contributed by atoms with Gasteiger partial charge in [0.1, 0.15) is 11.7 Å². The van der Waals surface area contributed by atoms with Crippen LogP contribution < -0.4 is 15.5 Å². The molecular weight excluding hydrogens is 397 g/mol. The number of nitrogens with one attached hydrogen (secondary N) is 2. The van der Waals surface area contributed by atoms with Crippen molar-refractivity contribution in [3.8, 4) is 0 Å². The van der Waals surface area contributed by atoms with Gasteiger partial charge in [-0.15, -0.1) is 0 Å². The number of amides is 3. The summed E-state index contributed by atoms with van der Waals surface area (Å²) in [6.07, 6.45) is 1.45. The molecule has 6 nitrogen and oxygen atoms in total. The number of carbonyl (C=O) groups excluding carboxylic acids is 3. The smallest absolute Gasteiger partial charge is 0.239 e. The summed E-state index contributed by atoms with van der Waals surface area (Å²) in [5.74, 6) is -1.98. The molecule has 150 valence electrons. The zero-order chi connectivity index (χ0) is 20.5. The van der Waals surface area contributed by atoms with Crippen molar-refractivity contribution in [3.63, 3.8) is 0 Å². The number of rotatable bonds is 4. The summed E-state index contributed by atoms with van der Waals surface area (Å²) in [5.41, 5.74) is 3.04. The second-order valence-electron chi connectivity index (χ2n) is 7.19. The van der Waals surface area contributed by atoms with Gasteiger partial charge >= 0.3 is 0 Å². The third kappa shape index (κ3) is 3.96. The van der Waals surface area contributed by atoms with Crippen LogP contribution in [0.1, 0.15) is 24.0 Å². The molecule has 0 radical (unpaired) electrons. The van der Waals surface area contributed by atoms with Gasteiger partial charge in [0.15, 0.2) is 0 Å². The van der Waals surface area contributed by atoms with Gasteiger partial charge in [0.25, 0.3) is 0 Å². The maximum atomic E-state index is 13.5.